The SMILES string of the molecule is C[C@H](CNC(=O)OC(C)(C)C)C(=O)N[C@@H]1C(=O)N2CC[C@H](C)N2Cc2ccccc21. The van der Waals surface area contributed by atoms with Crippen LogP contribution in [0.2, 0.25) is 0 Å². The minimum atomic E-state index is -0.743. The molecule has 1 aromatic carbocycles. The van der Waals surface area contributed by atoms with E-state index >= 15 is 0 Å². The van der Waals surface area contributed by atoms with Gasteiger partial charge in [0.15, 0.2) is 0 Å². The number of nitrogens with zero attached hydrogens (tertiary/aromatic N) is 2. The van der Waals surface area contributed by atoms with Gasteiger partial charge in [-0.3, -0.25) is 14.6 Å². The highest BCUT2D eigenvalue weighted by Gasteiger charge is 2.41. The monoisotopic (exact) mass is 416 g/mol. The molecule has 30 heavy (non-hydrogen) atoms. The number of fused-ring (bicyclic) bond motifs is 2. The highest BCUT2D eigenvalue weighted by molar-refractivity contribution is 5.90. The molecule has 8 nitrogen and oxygen atoms in total. The third kappa shape index (κ3) is 4.92. The molecule has 0 unspecified atom stereocenters. The standard InChI is InChI=1S/C22H32N4O4/c1-14(12-23-21(29)30-22(3,4)5)19(27)24-18-17-9-7-6-8-16(17)13-26-15(2)10-11-25(26)20(18)28/h6-9,14-15,18H,10-13H2,1-5H3,(H,23,29)(H,24,27)/t14-,15+,18+/m1/s1. The molecule has 3 rings (SSSR count). The van der Waals surface area contributed by atoms with Crippen LogP contribution in [0.3, 0.4) is 0 Å². The van der Waals surface area contributed by atoms with Crippen LogP contribution in [0, 0.1) is 5.92 Å². The van der Waals surface area contributed by atoms with E-state index < -0.39 is 23.7 Å². The van der Waals surface area contributed by atoms with Crippen molar-refractivity contribution in [2.75, 3.05) is 13.1 Å². The fourth-order valence-corrected chi connectivity index (χ4v) is 3.79. The summed E-state index contributed by atoms with van der Waals surface area (Å²) in [5, 5.41) is 9.38. The van der Waals surface area contributed by atoms with Crippen LogP contribution in [0.15, 0.2) is 24.3 Å². The third-order valence-electron chi connectivity index (χ3n) is 5.46. The molecule has 2 N–H and O–H groups in total. The van der Waals surface area contributed by atoms with Gasteiger partial charge in [-0.15, -0.1) is 0 Å². The fraction of sp³-hybridized carbons (Fsp3) is 0.591. The maximum absolute atomic E-state index is 13.3. The maximum atomic E-state index is 13.3. The first-order valence-electron chi connectivity index (χ1n) is 10.5. The van der Waals surface area contributed by atoms with Gasteiger partial charge in [-0.2, -0.15) is 0 Å². The van der Waals surface area contributed by atoms with Gasteiger partial charge in [-0.1, -0.05) is 31.2 Å². The van der Waals surface area contributed by atoms with Crippen LogP contribution in [-0.2, 0) is 20.9 Å². The van der Waals surface area contributed by atoms with Crippen LogP contribution in [0.25, 0.3) is 0 Å². The lowest BCUT2D eigenvalue weighted by molar-refractivity contribution is -0.149. The number of carbonyl (C=O) groups excluding carboxylic acids is 3. The summed E-state index contributed by atoms with van der Waals surface area (Å²) >= 11 is 0. The zero-order valence-electron chi connectivity index (χ0n) is 18.4. The summed E-state index contributed by atoms with van der Waals surface area (Å²) in [6.07, 6.45) is 0.338. The fourth-order valence-electron chi connectivity index (χ4n) is 3.79. The van der Waals surface area contributed by atoms with Gasteiger partial charge in [-0.05, 0) is 45.2 Å². The van der Waals surface area contributed by atoms with Crippen molar-refractivity contribution in [3.05, 3.63) is 35.4 Å². The number of nitrogens with one attached hydrogen (secondary N) is 2. The van der Waals surface area contributed by atoms with Crippen LogP contribution in [-0.4, -0.2) is 52.7 Å². The summed E-state index contributed by atoms with van der Waals surface area (Å²) in [7, 11) is 0. The number of carbonyl (C=O) groups is 3. The topological polar surface area (TPSA) is 91.0 Å². The molecule has 1 aromatic rings. The van der Waals surface area contributed by atoms with E-state index in [1.165, 1.54) is 0 Å². The molecular formula is C22H32N4O4. The quantitative estimate of drug-likeness (QED) is 0.786. The third-order valence-corrected chi connectivity index (χ3v) is 5.46. The van der Waals surface area contributed by atoms with Crippen molar-refractivity contribution in [2.45, 2.75) is 65.3 Å². The Morgan fingerprint density at radius 3 is 2.67 bits per heavy atom. The van der Waals surface area contributed by atoms with Crippen LogP contribution in [0.4, 0.5) is 4.79 Å². The van der Waals surface area contributed by atoms with Crippen molar-refractivity contribution in [3.8, 4) is 0 Å². The average Bonchev–Trinajstić information content (AvgIpc) is 2.97. The summed E-state index contributed by atoms with van der Waals surface area (Å²) in [6.45, 7) is 10.6. The zero-order chi connectivity index (χ0) is 22.1. The normalized spacial score (nSPS) is 22.6. The molecule has 2 aliphatic rings. The van der Waals surface area contributed by atoms with E-state index in [2.05, 4.69) is 22.6 Å². The zero-order valence-corrected chi connectivity index (χ0v) is 18.4. The average molecular weight is 417 g/mol. The Kier molecular flexibility index (Phi) is 6.36. The lowest BCUT2D eigenvalue weighted by atomic mass is 9.98. The summed E-state index contributed by atoms with van der Waals surface area (Å²) in [5.74, 6) is -0.931. The minimum Gasteiger partial charge on any atom is -0.444 e. The van der Waals surface area contributed by atoms with Crippen molar-refractivity contribution in [1.29, 1.82) is 0 Å². The summed E-state index contributed by atoms with van der Waals surface area (Å²) in [5.41, 5.74) is 1.25. The molecule has 1 saturated heterocycles. The molecule has 3 amide bonds. The number of hydrogen-bond acceptors (Lipinski definition) is 5. The first kappa shape index (κ1) is 22.1. The summed E-state index contributed by atoms with van der Waals surface area (Å²) in [4.78, 5) is 38.0. The Bertz CT molecular complexity index is 820. The van der Waals surface area contributed by atoms with Gasteiger partial charge in [0, 0.05) is 25.7 Å². The van der Waals surface area contributed by atoms with Gasteiger partial charge in [0.1, 0.15) is 11.6 Å². The van der Waals surface area contributed by atoms with Gasteiger partial charge in [0.2, 0.25) is 5.91 Å². The van der Waals surface area contributed by atoms with E-state index in [9.17, 15) is 14.4 Å². The van der Waals surface area contributed by atoms with E-state index in [4.69, 9.17) is 4.74 Å². The molecule has 2 aliphatic heterocycles. The summed E-state index contributed by atoms with van der Waals surface area (Å²) in [6, 6.07) is 7.26. The minimum absolute atomic E-state index is 0.120. The Labute approximate surface area is 177 Å². The molecule has 164 valence electrons. The van der Waals surface area contributed by atoms with E-state index in [0.29, 0.717) is 13.1 Å². The van der Waals surface area contributed by atoms with Gasteiger partial charge in [0.25, 0.3) is 5.91 Å². The van der Waals surface area contributed by atoms with Crippen molar-refractivity contribution < 1.29 is 19.1 Å². The highest BCUT2D eigenvalue weighted by Crippen LogP contribution is 2.32. The molecule has 0 spiro atoms. The number of rotatable bonds is 4. The van der Waals surface area contributed by atoms with Crippen molar-refractivity contribution in [2.24, 2.45) is 5.92 Å². The number of hydrogen-bond donors (Lipinski definition) is 2. The van der Waals surface area contributed by atoms with Crippen molar-refractivity contribution >= 4 is 17.9 Å². The second-order valence-corrected chi connectivity index (χ2v) is 9.12. The molecule has 0 aromatic heterocycles. The first-order valence-corrected chi connectivity index (χ1v) is 10.5. The van der Waals surface area contributed by atoms with Crippen LogP contribution >= 0.6 is 0 Å². The van der Waals surface area contributed by atoms with E-state index in [-0.39, 0.29) is 24.4 Å². The van der Waals surface area contributed by atoms with Gasteiger partial charge in [0.05, 0.1) is 5.92 Å². The summed E-state index contributed by atoms with van der Waals surface area (Å²) < 4.78 is 5.21. The largest absolute Gasteiger partial charge is 0.444 e. The van der Waals surface area contributed by atoms with Crippen LogP contribution in [0.5, 0.6) is 0 Å². The molecule has 0 saturated carbocycles. The van der Waals surface area contributed by atoms with E-state index in [0.717, 1.165) is 17.5 Å². The van der Waals surface area contributed by atoms with E-state index in [1.807, 2.05) is 24.3 Å². The lowest BCUT2D eigenvalue weighted by Gasteiger charge is -2.30. The molecule has 1 fully saturated rings. The number of alkyl carbamates (subject to hydrolysis) is 1. The highest BCUT2D eigenvalue weighted by atomic mass is 16.6. The molecule has 2 heterocycles. The maximum Gasteiger partial charge on any atom is 0.407 e. The first-order chi connectivity index (χ1) is 14.1. The van der Waals surface area contributed by atoms with E-state index in [1.54, 1.807) is 32.7 Å². The Morgan fingerprint density at radius 1 is 1.27 bits per heavy atom. The van der Waals surface area contributed by atoms with Gasteiger partial charge in [-0.25, -0.2) is 9.80 Å². The molecule has 3 atom stereocenters. The van der Waals surface area contributed by atoms with Crippen LogP contribution < -0.4 is 10.6 Å². The lowest BCUT2D eigenvalue weighted by Crippen LogP contribution is -2.48. The van der Waals surface area contributed by atoms with Crippen molar-refractivity contribution in [3.63, 3.8) is 0 Å². The Hall–Kier alpha value is -2.61. The Morgan fingerprint density at radius 2 is 1.97 bits per heavy atom. The number of hydrazine groups is 1. The smallest absolute Gasteiger partial charge is 0.407 e. The molecule has 0 radical (unpaired) electrons. The second-order valence-electron chi connectivity index (χ2n) is 9.12. The van der Waals surface area contributed by atoms with Gasteiger partial charge >= 0.3 is 6.09 Å². The van der Waals surface area contributed by atoms with Crippen molar-refractivity contribution in [1.82, 2.24) is 20.7 Å². The second kappa shape index (κ2) is 8.63. The van der Waals surface area contributed by atoms with Gasteiger partial charge < -0.3 is 15.4 Å². The molecule has 8 heteroatoms. The Balaban J connectivity index is 1.70. The molecule has 0 bridgehead atoms. The number of amides is 3. The predicted octanol–water partition coefficient (Wildman–Crippen LogP) is 2.36. The molecule has 0 aliphatic carbocycles. The predicted molar refractivity (Wildman–Crippen MR) is 112 cm³/mol. The number of benzene rings is 1. The molecular weight excluding hydrogens is 384 g/mol. The van der Waals surface area contributed by atoms with Crippen LogP contribution in [0.1, 0.15) is 58.2 Å². The number of ether oxygens (including phenoxy) is 1.